The van der Waals surface area contributed by atoms with Gasteiger partial charge in [0.15, 0.2) is 23.1 Å². The van der Waals surface area contributed by atoms with Crippen molar-refractivity contribution in [2.75, 3.05) is 0 Å². The van der Waals surface area contributed by atoms with Crippen molar-refractivity contribution in [3.63, 3.8) is 0 Å². The Balaban J connectivity index is 1.22. The first kappa shape index (κ1) is 26.9. The molecule has 0 aliphatic heterocycles. The van der Waals surface area contributed by atoms with Crippen molar-refractivity contribution in [2.45, 2.75) is 0 Å². The van der Waals surface area contributed by atoms with E-state index in [2.05, 4.69) is 78.9 Å². The normalized spacial score (nSPS) is 11.8. The van der Waals surface area contributed by atoms with Crippen molar-refractivity contribution in [1.82, 2.24) is 19.9 Å². The first-order valence-corrected chi connectivity index (χ1v) is 16.6. The van der Waals surface area contributed by atoms with Crippen LogP contribution in [0.25, 0.3) is 98.4 Å². The van der Waals surface area contributed by atoms with Crippen molar-refractivity contribution in [2.24, 2.45) is 0 Å². The van der Waals surface area contributed by atoms with E-state index in [9.17, 15) is 0 Å². The predicted octanol–water partition coefficient (Wildman–Crippen LogP) is 11.4. The highest BCUT2D eigenvalue weighted by atomic mass is 32.1. The van der Waals surface area contributed by atoms with Gasteiger partial charge in [0.2, 0.25) is 5.89 Å². The smallest absolute Gasteiger partial charge is 0.227 e. The van der Waals surface area contributed by atoms with Crippen LogP contribution in [0.1, 0.15) is 0 Å². The van der Waals surface area contributed by atoms with Crippen LogP contribution in [0, 0.1) is 0 Å². The van der Waals surface area contributed by atoms with Gasteiger partial charge in [0, 0.05) is 47.8 Å². The van der Waals surface area contributed by atoms with Gasteiger partial charge in [-0.25, -0.2) is 19.9 Å². The molecule has 0 spiro atoms. The summed E-state index contributed by atoms with van der Waals surface area (Å²) >= 11 is 1.79. The third-order valence-electron chi connectivity index (χ3n) is 8.94. The van der Waals surface area contributed by atoms with E-state index in [1.54, 1.807) is 11.3 Å². The second-order valence-corrected chi connectivity index (χ2v) is 12.9. The van der Waals surface area contributed by atoms with E-state index in [1.807, 2.05) is 66.7 Å². The Kier molecular flexibility index (Phi) is 5.98. The molecular formula is C42H24N4OS. The van der Waals surface area contributed by atoms with E-state index in [-0.39, 0.29) is 0 Å². The number of rotatable bonds is 4. The van der Waals surface area contributed by atoms with Gasteiger partial charge in [0.1, 0.15) is 5.52 Å². The Labute approximate surface area is 278 Å². The quantitative estimate of drug-likeness (QED) is 0.181. The molecule has 0 aliphatic rings. The molecule has 10 aromatic rings. The summed E-state index contributed by atoms with van der Waals surface area (Å²) in [6, 6.07) is 49.9. The Morgan fingerprint density at radius 2 is 1.10 bits per heavy atom. The molecule has 6 heteroatoms. The summed E-state index contributed by atoms with van der Waals surface area (Å²) in [5.74, 6) is 2.51. The Bertz CT molecular complexity index is 2840. The molecule has 5 nitrogen and oxygen atoms in total. The summed E-state index contributed by atoms with van der Waals surface area (Å²) < 4.78 is 8.94. The lowest BCUT2D eigenvalue weighted by Gasteiger charge is -2.11. The first-order valence-electron chi connectivity index (χ1n) is 15.8. The molecule has 0 radical (unpaired) electrons. The minimum Gasteiger partial charge on any atom is -0.435 e. The van der Waals surface area contributed by atoms with Gasteiger partial charge in [-0.05, 0) is 52.6 Å². The average Bonchev–Trinajstić information content (AvgIpc) is 3.77. The molecule has 0 unspecified atom stereocenters. The molecule has 0 N–H and O–H groups in total. The number of aromatic nitrogens is 4. The molecule has 0 aliphatic carbocycles. The van der Waals surface area contributed by atoms with Crippen LogP contribution in [-0.4, -0.2) is 19.9 Å². The number of hydrogen-bond acceptors (Lipinski definition) is 6. The lowest BCUT2D eigenvalue weighted by atomic mass is 9.99. The van der Waals surface area contributed by atoms with Crippen LogP contribution in [0.5, 0.6) is 0 Å². The van der Waals surface area contributed by atoms with E-state index in [1.165, 1.54) is 20.2 Å². The fourth-order valence-corrected chi connectivity index (χ4v) is 7.80. The number of oxazole rings is 1. The Morgan fingerprint density at radius 1 is 0.438 bits per heavy atom. The number of nitrogens with zero attached hydrogens (tertiary/aromatic N) is 4. The molecule has 7 aromatic carbocycles. The SMILES string of the molecule is c1ccc(-c2nc(-c3ccc4ccc5ccc6nc(-c7ccccc7)oc6c5c4c3)nc(-c3cccc4sc5ccccc5c34)n2)cc1. The fourth-order valence-electron chi connectivity index (χ4n) is 6.67. The zero-order valence-electron chi connectivity index (χ0n) is 25.5. The maximum Gasteiger partial charge on any atom is 0.227 e. The highest BCUT2D eigenvalue weighted by molar-refractivity contribution is 7.25. The van der Waals surface area contributed by atoms with Crippen LogP contribution < -0.4 is 0 Å². The number of hydrogen-bond donors (Lipinski definition) is 0. The summed E-state index contributed by atoms with van der Waals surface area (Å²) in [4.78, 5) is 20.2. The third kappa shape index (κ3) is 4.31. The van der Waals surface area contributed by atoms with Crippen molar-refractivity contribution < 1.29 is 4.42 Å². The average molecular weight is 633 g/mol. The maximum absolute atomic E-state index is 6.49. The number of benzene rings is 7. The van der Waals surface area contributed by atoms with Gasteiger partial charge in [-0.3, -0.25) is 0 Å². The van der Waals surface area contributed by atoms with Gasteiger partial charge >= 0.3 is 0 Å². The molecule has 0 fully saturated rings. The van der Waals surface area contributed by atoms with Gasteiger partial charge in [-0.1, -0.05) is 109 Å². The predicted molar refractivity (Wildman–Crippen MR) is 197 cm³/mol. The van der Waals surface area contributed by atoms with E-state index >= 15 is 0 Å². The monoisotopic (exact) mass is 632 g/mol. The maximum atomic E-state index is 6.49. The van der Waals surface area contributed by atoms with Gasteiger partial charge in [-0.15, -0.1) is 11.3 Å². The molecule has 10 rings (SSSR count). The van der Waals surface area contributed by atoms with Crippen LogP contribution in [0.2, 0.25) is 0 Å². The van der Waals surface area contributed by atoms with E-state index in [4.69, 9.17) is 24.4 Å². The zero-order valence-corrected chi connectivity index (χ0v) is 26.3. The Morgan fingerprint density at radius 3 is 1.96 bits per heavy atom. The standard InChI is InChI=1S/C42H24N4OS/c1-3-10-27(11-4-1)39-44-40(46-41(45-39)31-15-9-17-35-37(31)30-14-7-8-16-34(30)48-35)29-21-19-25-18-20-26-22-23-33-38(36(26)32(25)24-29)47-42(43-33)28-12-5-2-6-13-28/h1-24H. The fraction of sp³-hybridized carbons (Fsp3) is 0. The molecule has 48 heavy (non-hydrogen) atoms. The van der Waals surface area contributed by atoms with Crippen LogP contribution in [0.15, 0.2) is 150 Å². The van der Waals surface area contributed by atoms with Crippen molar-refractivity contribution in [3.05, 3.63) is 146 Å². The summed E-state index contributed by atoms with van der Waals surface area (Å²) in [6.07, 6.45) is 0. The van der Waals surface area contributed by atoms with Crippen molar-refractivity contribution in [3.8, 4) is 45.6 Å². The highest BCUT2D eigenvalue weighted by Crippen LogP contribution is 2.40. The molecule has 0 saturated heterocycles. The third-order valence-corrected chi connectivity index (χ3v) is 10.1. The van der Waals surface area contributed by atoms with Crippen LogP contribution in [0.3, 0.4) is 0 Å². The lowest BCUT2D eigenvalue weighted by molar-refractivity contribution is 0.623. The van der Waals surface area contributed by atoms with Gasteiger partial charge < -0.3 is 4.42 Å². The summed E-state index contributed by atoms with van der Waals surface area (Å²) in [5.41, 5.74) is 5.37. The lowest BCUT2D eigenvalue weighted by Crippen LogP contribution is -2.00. The van der Waals surface area contributed by atoms with Gasteiger partial charge in [-0.2, -0.15) is 0 Å². The Hall–Kier alpha value is -6.24. The largest absolute Gasteiger partial charge is 0.435 e. The van der Waals surface area contributed by atoms with Crippen LogP contribution >= 0.6 is 11.3 Å². The van der Waals surface area contributed by atoms with E-state index in [0.717, 1.165) is 54.9 Å². The second kappa shape index (κ2) is 10.7. The van der Waals surface area contributed by atoms with Crippen LogP contribution in [-0.2, 0) is 0 Å². The first-order chi connectivity index (χ1) is 23.8. The molecule has 0 amide bonds. The molecule has 224 valence electrons. The number of thiophene rings is 1. The van der Waals surface area contributed by atoms with Gasteiger partial charge in [0.25, 0.3) is 0 Å². The summed E-state index contributed by atoms with van der Waals surface area (Å²) in [6.45, 7) is 0. The van der Waals surface area contributed by atoms with Crippen LogP contribution in [0.4, 0.5) is 0 Å². The number of fused-ring (bicyclic) bond motifs is 8. The highest BCUT2D eigenvalue weighted by Gasteiger charge is 2.18. The minimum absolute atomic E-state index is 0.607. The van der Waals surface area contributed by atoms with E-state index in [0.29, 0.717) is 23.4 Å². The van der Waals surface area contributed by atoms with E-state index < -0.39 is 0 Å². The minimum atomic E-state index is 0.607. The summed E-state index contributed by atoms with van der Waals surface area (Å²) in [5, 5.41) is 6.64. The molecule has 0 atom stereocenters. The molecule has 0 bridgehead atoms. The zero-order chi connectivity index (χ0) is 31.6. The molecule has 0 saturated carbocycles. The summed E-state index contributed by atoms with van der Waals surface area (Å²) in [7, 11) is 0. The van der Waals surface area contributed by atoms with Gasteiger partial charge in [0.05, 0.1) is 0 Å². The van der Waals surface area contributed by atoms with Crippen molar-refractivity contribution >= 4 is 64.2 Å². The topological polar surface area (TPSA) is 64.7 Å². The molecule has 3 heterocycles. The van der Waals surface area contributed by atoms with Crippen molar-refractivity contribution in [1.29, 1.82) is 0 Å². The second-order valence-electron chi connectivity index (χ2n) is 11.8. The molecule has 3 aromatic heterocycles. The molecular weight excluding hydrogens is 609 g/mol.